The van der Waals surface area contributed by atoms with Gasteiger partial charge in [0.05, 0.1) is 6.54 Å². The summed E-state index contributed by atoms with van der Waals surface area (Å²) < 4.78 is 5.19. The highest BCUT2D eigenvalue weighted by Crippen LogP contribution is 2.15. The van der Waals surface area contributed by atoms with Crippen molar-refractivity contribution in [3.63, 3.8) is 0 Å². The van der Waals surface area contributed by atoms with Gasteiger partial charge in [0.2, 0.25) is 5.89 Å². The van der Waals surface area contributed by atoms with Gasteiger partial charge in [0.1, 0.15) is 0 Å². The first kappa shape index (κ1) is 11.4. The quantitative estimate of drug-likeness (QED) is 0.819. The van der Waals surface area contributed by atoms with E-state index in [0.717, 1.165) is 25.6 Å². The number of hydrogen-bond acceptors (Lipinski definition) is 5. The molecular weight excluding hydrogens is 204 g/mol. The molecule has 1 aromatic rings. The van der Waals surface area contributed by atoms with Crippen LogP contribution in [0.4, 0.5) is 5.95 Å². The molecule has 2 heterocycles. The van der Waals surface area contributed by atoms with Gasteiger partial charge in [-0.1, -0.05) is 13.8 Å². The van der Waals surface area contributed by atoms with Gasteiger partial charge in [0.25, 0.3) is 5.95 Å². The molecule has 1 saturated heterocycles. The highest BCUT2D eigenvalue weighted by molar-refractivity contribution is 5.28. The van der Waals surface area contributed by atoms with E-state index in [2.05, 4.69) is 34.2 Å². The number of hydrogen-bond donors (Lipinski definition) is 1. The zero-order valence-corrected chi connectivity index (χ0v) is 10.1. The second-order valence-electron chi connectivity index (χ2n) is 4.71. The summed E-state index contributed by atoms with van der Waals surface area (Å²) in [4.78, 5) is 6.55. The molecule has 0 aromatic carbocycles. The van der Waals surface area contributed by atoms with Crippen LogP contribution in [0.25, 0.3) is 0 Å². The van der Waals surface area contributed by atoms with E-state index in [0.29, 0.717) is 18.4 Å². The Labute approximate surface area is 96.2 Å². The van der Waals surface area contributed by atoms with Gasteiger partial charge in [-0.25, -0.2) is 0 Å². The Bertz CT molecular complexity index is 318. The highest BCUT2D eigenvalue weighted by atomic mass is 16.5. The summed E-state index contributed by atoms with van der Waals surface area (Å²) in [7, 11) is 0. The summed E-state index contributed by atoms with van der Waals surface area (Å²) in [5, 5.41) is 7.29. The van der Waals surface area contributed by atoms with Crippen LogP contribution < -0.4 is 10.2 Å². The molecule has 0 bridgehead atoms. The molecule has 1 aliphatic rings. The van der Waals surface area contributed by atoms with E-state index in [9.17, 15) is 0 Å². The van der Waals surface area contributed by atoms with Crippen molar-refractivity contribution in [2.45, 2.75) is 33.2 Å². The predicted octanol–water partition coefficient (Wildman–Crippen LogP) is 1.42. The van der Waals surface area contributed by atoms with E-state index in [-0.39, 0.29) is 0 Å². The lowest BCUT2D eigenvalue weighted by Crippen LogP contribution is -2.20. The van der Waals surface area contributed by atoms with Gasteiger partial charge < -0.3 is 14.7 Å². The number of nitrogens with one attached hydrogen (secondary N) is 1. The molecule has 2 rings (SSSR count). The molecule has 5 heteroatoms. The molecule has 0 amide bonds. The van der Waals surface area contributed by atoms with Crippen molar-refractivity contribution in [2.24, 2.45) is 5.92 Å². The van der Waals surface area contributed by atoms with Crippen molar-refractivity contribution in [3.8, 4) is 0 Å². The standard InChI is InChI=1S/C11H20N4O/c1-9(2)7-12-8-10-13-11(14-16-10)15-5-3-4-6-15/h9,12H,3-8H2,1-2H3. The average molecular weight is 224 g/mol. The molecule has 1 aromatic heterocycles. The SMILES string of the molecule is CC(C)CNCc1nc(N2CCCC2)no1. The van der Waals surface area contributed by atoms with Crippen LogP contribution in [0.2, 0.25) is 0 Å². The largest absolute Gasteiger partial charge is 0.338 e. The van der Waals surface area contributed by atoms with Crippen LogP contribution in [0.15, 0.2) is 4.52 Å². The van der Waals surface area contributed by atoms with Gasteiger partial charge in [-0.2, -0.15) is 4.98 Å². The molecule has 0 radical (unpaired) electrons. The maximum Gasteiger partial charge on any atom is 0.266 e. The molecule has 1 N–H and O–H groups in total. The fraction of sp³-hybridized carbons (Fsp3) is 0.818. The normalized spacial score (nSPS) is 16.3. The monoisotopic (exact) mass is 224 g/mol. The minimum Gasteiger partial charge on any atom is -0.338 e. The van der Waals surface area contributed by atoms with Crippen molar-refractivity contribution in [2.75, 3.05) is 24.5 Å². The third-order valence-corrected chi connectivity index (χ3v) is 2.68. The van der Waals surface area contributed by atoms with Crippen molar-refractivity contribution in [1.29, 1.82) is 0 Å². The van der Waals surface area contributed by atoms with Gasteiger partial charge in [0, 0.05) is 13.1 Å². The first-order valence-electron chi connectivity index (χ1n) is 6.04. The van der Waals surface area contributed by atoms with E-state index in [1.165, 1.54) is 12.8 Å². The van der Waals surface area contributed by atoms with Gasteiger partial charge in [-0.3, -0.25) is 0 Å². The van der Waals surface area contributed by atoms with Gasteiger partial charge in [-0.05, 0) is 30.5 Å². The van der Waals surface area contributed by atoms with E-state index in [1.54, 1.807) is 0 Å². The van der Waals surface area contributed by atoms with E-state index in [4.69, 9.17) is 4.52 Å². The Hall–Kier alpha value is -1.10. The summed E-state index contributed by atoms with van der Waals surface area (Å²) >= 11 is 0. The zero-order chi connectivity index (χ0) is 11.4. The molecule has 0 saturated carbocycles. The van der Waals surface area contributed by atoms with Crippen molar-refractivity contribution in [3.05, 3.63) is 5.89 Å². The van der Waals surface area contributed by atoms with E-state index in [1.807, 2.05) is 0 Å². The first-order valence-corrected chi connectivity index (χ1v) is 6.04. The summed E-state index contributed by atoms with van der Waals surface area (Å²) in [5.74, 6) is 2.07. The molecular formula is C11H20N4O. The molecule has 0 unspecified atom stereocenters. The summed E-state index contributed by atoms with van der Waals surface area (Å²) in [6.45, 7) is 8.10. The minimum absolute atomic E-state index is 0.640. The Kier molecular flexibility index (Phi) is 3.77. The number of aromatic nitrogens is 2. The van der Waals surface area contributed by atoms with Crippen LogP contribution in [0.5, 0.6) is 0 Å². The Balaban J connectivity index is 1.82. The minimum atomic E-state index is 0.640. The summed E-state index contributed by atoms with van der Waals surface area (Å²) in [6.07, 6.45) is 2.46. The van der Waals surface area contributed by atoms with Crippen LogP contribution in [0.1, 0.15) is 32.6 Å². The van der Waals surface area contributed by atoms with Crippen LogP contribution in [-0.4, -0.2) is 29.8 Å². The maximum absolute atomic E-state index is 5.19. The van der Waals surface area contributed by atoms with Crippen molar-refractivity contribution in [1.82, 2.24) is 15.5 Å². The van der Waals surface area contributed by atoms with Crippen molar-refractivity contribution < 1.29 is 4.52 Å². The molecule has 16 heavy (non-hydrogen) atoms. The Morgan fingerprint density at radius 3 is 2.81 bits per heavy atom. The van der Waals surface area contributed by atoms with Gasteiger partial charge >= 0.3 is 0 Å². The van der Waals surface area contributed by atoms with E-state index < -0.39 is 0 Å². The molecule has 0 aliphatic carbocycles. The fourth-order valence-corrected chi connectivity index (χ4v) is 1.83. The summed E-state index contributed by atoms with van der Waals surface area (Å²) in [6, 6.07) is 0. The van der Waals surface area contributed by atoms with Crippen molar-refractivity contribution >= 4 is 5.95 Å². The predicted molar refractivity (Wildman–Crippen MR) is 62.3 cm³/mol. The number of rotatable bonds is 5. The zero-order valence-electron chi connectivity index (χ0n) is 10.1. The lowest BCUT2D eigenvalue weighted by Gasteiger charge is -2.09. The average Bonchev–Trinajstić information content (AvgIpc) is 2.85. The molecule has 0 spiro atoms. The lowest BCUT2D eigenvalue weighted by atomic mass is 10.2. The lowest BCUT2D eigenvalue weighted by molar-refractivity contribution is 0.363. The fourth-order valence-electron chi connectivity index (χ4n) is 1.83. The first-order chi connectivity index (χ1) is 7.75. The Morgan fingerprint density at radius 1 is 1.38 bits per heavy atom. The molecule has 5 nitrogen and oxygen atoms in total. The molecule has 1 aliphatic heterocycles. The van der Waals surface area contributed by atoms with Gasteiger partial charge in [0.15, 0.2) is 0 Å². The third-order valence-electron chi connectivity index (χ3n) is 2.68. The maximum atomic E-state index is 5.19. The molecule has 90 valence electrons. The Morgan fingerprint density at radius 2 is 2.12 bits per heavy atom. The van der Waals surface area contributed by atoms with Crippen LogP contribution in [0.3, 0.4) is 0 Å². The van der Waals surface area contributed by atoms with Crippen LogP contribution >= 0.6 is 0 Å². The number of nitrogens with zero attached hydrogens (tertiary/aromatic N) is 3. The topological polar surface area (TPSA) is 54.2 Å². The van der Waals surface area contributed by atoms with E-state index >= 15 is 0 Å². The number of anilines is 1. The summed E-state index contributed by atoms with van der Waals surface area (Å²) in [5.41, 5.74) is 0. The molecule has 1 fully saturated rings. The molecule has 0 atom stereocenters. The second kappa shape index (κ2) is 5.30. The van der Waals surface area contributed by atoms with Crippen LogP contribution in [0, 0.1) is 5.92 Å². The van der Waals surface area contributed by atoms with Crippen LogP contribution in [-0.2, 0) is 6.54 Å². The highest BCUT2D eigenvalue weighted by Gasteiger charge is 2.17. The second-order valence-corrected chi connectivity index (χ2v) is 4.71. The third kappa shape index (κ3) is 2.95. The van der Waals surface area contributed by atoms with Gasteiger partial charge in [-0.15, -0.1) is 0 Å². The smallest absolute Gasteiger partial charge is 0.266 e.